The van der Waals surface area contributed by atoms with Gasteiger partial charge >= 0.3 is 17.9 Å². The highest BCUT2D eigenvalue weighted by molar-refractivity contribution is 5.71. The Morgan fingerprint density at radius 2 is 0.506 bits per heavy atom. The smallest absolute Gasteiger partial charge is 0.306 e. The lowest BCUT2D eigenvalue weighted by Gasteiger charge is -2.18. The quantitative estimate of drug-likeness (QED) is 0.0261. The predicted octanol–water partition coefficient (Wildman–Crippen LogP) is 22.2. The molecule has 0 spiro atoms. The van der Waals surface area contributed by atoms with Crippen LogP contribution in [0.1, 0.15) is 303 Å². The Kier molecular flexibility index (Phi) is 61.3. The lowest BCUT2D eigenvalue weighted by atomic mass is 10.0. The highest BCUT2D eigenvalue weighted by atomic mass is 16.6. The number of hydrogen-bond donors (Lipinski definition) is 0. The van der Waals surface area contributed by atoms with Crippen LogP contribution >= 0.6 is 0 Å². The molecule has 0 saturated carbocycles. The molecule has 0 aliphatic carbocycles. The fraction of sp³-hybridized carbons (Fsp3) is 0.704. The van der Waals surface area contributed by atoms with Gasteiger partial charge in [-0.15, -0.1) is 0 Å². The van der Waals surface area contributed by atoms with Crippen molar-refractivity contribution in [1.82, 2.24) is 0 Å². The molecule has 0 aromatic heterocycles. The summed E-state index contributed by atoms with van der Waals surface area (Å²) in [6.07, 6.45) is 88.4. The van der Waals surface area contributed by atoms with E-state index in [9.17, 15) is 14.4 Å². The van der Waals surface area contributed by atoms with Crippen LogP contribution in [0.25, 0.3) is 0 Å². The van der Waals surface area contributed by atoms with E-state index < -0.39 is 6.10 Å². The second-order valence-electron chi connectivity index (χ2n) is 21.3. The Morgan fingerprint density at radius 3 is 0.805 bits per heavy atom. The van der Waals surface area contributed by atoms with Crippen molar-refractivity contribution >= 4 is 17.9 Å². The third kappa shape index (κ3) is 62.8. The first-order valence-electron chi connectivity index (χ1n) is 32.4. The van der Waals surface area contributed by atoms with E-state index >= 15 is 0 Å². The van der Waals surface area contributed by atoms with Gasteiger partial charge in [-0.05, 0) is 109 Å². The zero-order valence-corrected chi connectivity index (χ0v) is 50.4. The fourth-order valence-electron chi connectivity index (χ4n) is 8.92. The van der Waals surface area contributed by atoms with Crippen molar-refractivity contribution in [3.63, 3.8) is 0 Å². The van der Waals surface area contributed by atoms with E-state index in [0.29, 0.717) is 19.3 Å². The number of esters is 3. The molecular formula is C71H120O6. The second kappa shape index (κ2) is 64.6. The summed E-state index contributed by atoms with van der Waals surface area (Å²) in [5.74, 6) is -0.913. The third-order valence-electron chi connectivity index (χ3n) is 13.8. The van der Waals surface area contributed by atoms with E-state index in [2.05, 4.69) is 130 Å². The average Bonchev–Trinajstić information content (AvgIpc) is 3.43. The Labute approximate surface area is 476 Å². The molecule has 6 nitrogen and oxygen atoms in total. The maximum atomic E-state index is 12.9. The molecule has 440 valence electrons. The molecule has 0 bridgehead atoms. The van der Waals surface area contributed by atoms with Crippen LogP contribution in [-0.2, 0) is 28.6 Å². The van der Waals surface area contributed by atoms with Crippen LogP contribution in [0.3, 0.4) is 0 Å². The van der Waals surface area contributed by atoms with Crippen LogP contribution in [-0.4, -0.2) is 37.2 Å². The highest BCUT2D eigenvalue weighted by Crippen LogP contribution is 2.16. The van der Waals surface area contributed by atoms with Gasteiger partial charge in [-0.25, -0.2) is 0 Å². The zero-order valence-electron chi connectivity index (χ0n) is 50.4. The van der Waals surface area contributed by atoms with Crippen LogP contribution in [0.5, 0.6) is 0 Å². The number of ether oxygens (including phenoxy) is 3. The molecule has 0 N–H and O–H groups in total. The molecule has 1 atom stereocenters. The molecule has 1 unspecified atom stereocenters. The van der Waals surface area contributed by atoms with Gasteiger partial charge < -0.3 is 14.2 Å². The summed E-state index contributed by atoms with van der Waals surface area (Å²) < 4.78 is 16.8. The van der Waals surface area contributed by atoms with E-state index in [-0.39, 0.29) is 31.1 Å². The summed E-state index contributed by atoms with van der Waals surface area (Å²) in [5.41, 5.74) is 0. The van der Waals surface area contributed by atoms with E-state index in [4.69, 9.17) is 14.2 Å². The predicted molar refractivity (Wildman–Crippen MR) is 334 cm³/mol. The van der Waals surface area contributed by atoms with Gasteiger partial charge in [0.05, 0.1) is 0 Å². The third-order valence-corrected chi connectivity index (χ3v) is 13.8. The van der Waals surface area contributed by atoms with Gasteiger partial charge in [-0.3, -0.25) is 14.4 Å². The van der Waals surface area contributed by atoms with Crippen LogP contribution in [0.2, 0.25) is 0 Å². The Morgan fingerprint density at radius 1 is 0.273 bits per heavy atom. The first kappa shape index (κ1) is 73.1. The summed E-state index contributed by atoms with van der Waals surface area (Å²) in [5, 5.41) is 0. The highest BCUT2D eigenvalue weighted by Gasteiger charge is 2.19. The normalized spacial score (nSPS) is 12.8. The van der Waals surface area contributed by atoms with Crippen LogP contribution in [0.4, 0.5) is 0 Å². The maximum Gasteiger partial charge on any atom is 0.306 e. The number of allylic oxidation sites excluding steroid dienone is 18. The molecule has 0 aromatic rings. The van der Waals surface area contributed by atoms with Gasteiger partial charge in [0.2, 0.25) is 0 Å². The summed E-state index contributed by atoms with van der Waals surface area (Å²) >= 11 is 0. The minimum atomic E-state index is -0.788. The van der Waals surface area contributed by atoms with Gasteiger partial charge in [0.15, 0.2) is 6.10 Å². The SMILES string of the molecule is CC/C=C\C/C=C\C/C=C\C/C=C\C/C=C\C/C=C\C/C=C\C/C=C\CCCCCCC(=O)OCC(COC(=O)CCCCCCCCC)OC(=O)CCCCCCCCCCCCC/C=C\CCCCCCCCCC. The largest absolute Gasteiger partial charge is 0.462 e. The van der Waals surface area contributed by atoms with Crippen LogP contribution in [0, 0.1) is 0 Å². The summed E-state index contributed by atoms with van der Waals surface area (Å²) in [4.78, 5) is 38.1. The summed E-state index contributed by atoms with van der Waals surface area (Å²) in [6, 6.07) is 0. The lowest BCUT2D eigenvalue weighted by molar-refractivity contribution is -0.167. The van der Waals surface area contributed by atoms with Gasteiger partial charge in [-0.2, -0.15) is 0 Å². The van der Waals surface area contributed by atoms with Crippen molar-refractivity contribution in [3.8, 4) is 0 Å². The Bertz CT molecular complexity index is 1560. The van der Waals surface area contributed by atoms with Gasteiger partial charge in [0.1, 0.15) is 13.2 Å². The first-order chi connectivity index (χ1) is 38.0. The van der Waals surface area contributed by atoms with Crippen molar-refractivity contribution < 1.29 is 28.6 Å². The number of unbranched alkanes of at least 4 members (excludes halogenated alkanes) is 29. The zero-order chi connectivity index (χ0) is 55.7. The molecule has 0 radical (unpaired) electrons. The molecule has 0 heterocycles. The molecule has 0 aliphatic rings. The molecule has 6 heteroatoms. The Balaban J connectivity index is 4.21. The molecule has 0 aromatic carbocycles. The van der Waals surface area contributed by atoms with E-state index in [1.165, 1.54) is 141 Å². The average molecular weight is 1070 g/mol. The number of rotatable bonds is 58. The monoisotopic (exact) mass is 1070 g/mol. The minimum absolute atomic E-state index is 0.0857. The molecule has 0 saturated heterocycles. The number of carbonyl (C=O) groups is 3. The van der Waals surface area contributed by atoms with Crippen molar-refractivity contribution in [2.45, 2.75) is 309 Å². The molecule has 77 heavy (non-hydrogen) atoms. The fourth-order valence-corrected chi connectivity index (χ4v) is 8.92. The molecule has 0 rings (SSSR count). The molecule has 0 aliphatic heterocycles. The number of carbonyl (C=O) groups excluding carboxylic acids is 3. The maximum absolute atomic E-state index is 12.9. The first-order valence-corrected chi connectivity index (χ1v) is 32.4. The van der Waals surface area contributed by atoms with Gasteiger partial charge in [0.25, 0.3) is 0 Å². The van der Waals surface area contributed by atoms with Gasteiger partial charge in [-0.1, -0.05) is 284 Å². The standard InChI is InChI=1S/C71H120O6/c1-4-7-10-13-16-18-20-22-24-26-28-30-32-33-34-35-36-37-39-40-42-44-46-48-50-52-55-58-61-64-70(73)76-67-68(66-75-69(72)63-60-57-54-15-12-9-6-3)77-71(74)65-62-59-56-53-51-49-47-45-43-41-38-31-29-27-25-23-21-19-17-14-11-8-5-2/h7,10,16,18,22,24,27-30,33-34,36-37,40,42,46,48,68H,4-6,8-9,11-15,17,19-21,23,25-26,31-32,35,38-39,41,43-45,47,49-67H2,1-3H3/b10-7-,18-16-,24-22-,29-27-,30-28-,34-33-,37-36-,42-40-,48-46-. The summed E-state index contributed by atoms with van der Waals surface area (Å²) in [6.45, 7) is 6.48. The van der Waals surface area contributed by atoms with E-state index in [1.54, 1.807) is 0 Å². The van der Waals surface area contributed by atoms with Crippen molar-refractivity contribution in [1.29, 1.82) is 0 Å². The van der Waals surface area contributed by atoms with Crippen molar-refractivity contribution in [3.05, 3.63) is 109 Å². The van der Waals surface area contributed by atoms with Gasteiger partial charge in [0, 0.05) is 19.3 Å². The molecular weight excluding hydrogens is 949 g/mol. The summed E-state index contributed by atoms with van der Waals surface area (Å²) in [7, 11) is 0. The van der Waals surface area contributed by atoms with Crippen molar-refractivity contribution in [2.75, 3.05) is 13.2 Å². The number of hydrogen-bond acceptors (Lipinski definition) is 6. The van der Waals surface area contributed by atoms with Crippen LogP contribution in [0.15, 0.2) is 109 Å². The minimum Gasteiger partial charge on any atom is -0.462 e. The second-order valence-corrected chi connectivity index (χ2v) is 21.3. The lowest BCUT2D eigenvalue weighted by Crippen LogP contribution is -2.30. The Hall–Kier alpha value is -3.93. The topological polar surface area (TPSA) is 78.9 Å². The molecule has 0 fully saturated rings. The van der Waals surface area contributed by atoms with Crippen LogP contribution < -0.4 is 0 Å². The molecule has 0 amide bonds. The van der Waals surface area contributed by atoms with Crippen molar-refractivity contribution in [2.24, 2.45) is 0 Å². The van der Waals surface area contributed by atoms with E-state index in [0.717, 1.165) is 122 Å². The van der Waals surface area contributed by atoms with E-state index in [1.807, 2.05) is 0 Å².